The second-order valence-electron chi connectivity index (χ2n) is 6.36. The normalized spacial score (nSPS) is 25.7. The highest BCUT2D eigenvalue weighted by Crippen LogP contribution is 2.43. The van der Waals surface area contributed by atoms with Crippen LogP contribution in [-0.2, 0) is 16.1 Å². The SMILES string of the molecule is Cc1nnc(N2C[C@@H]3COC[C@]3(C(=O)NCc3ccccn3)C2)s1. The molecule has 4 rings (SSSR count). The molecule has 2 fully saturated rings. The lowest BCUT2D eigenvalue weighted by atomic mass is 9.80. The molecule has 2 aromatic rings. The van der Waals surface area contributed by atoms with Crippen molar-refractivity contribution in [3.8, 4) is 0 Å². The highest BCUT2D eigenvalue weighted by Gasteiger charge is 2.56. The van der Waals surface area contributed by atoms with Gasteiger partial charge in [-0.2, -0.15) is 0 Å². The van der Waals surface area contributed by atoms with Crippen molar-refractivity contribution in [1.29, 1.82) is 0 Å². The quantitative estimate of drug-likeness (QED) is 0.891. The van der Waals surface area contributed by atoms with E-state index in [1.54, 1.807) is 17.5 Å². The fourth-order valence-corrected chi connectivity index (χ4v) is 4.16. The number of fused-ring (bicyclic) bond motifs is 1. The van der Waals surface area contributed by atoms with Crippen LogP contribution in [0, 0.1) is 18.3 Å². The van der Waals surface area contributed by atoms with Crippen LogP contribution in [0.25, 0.3) is 0 Å². The summed E-state index contributed by atoms with van der Waals surface area (Å²) in [6.45, 7) is 4.86. The lowest BCUT2D eigenvalue weighted by molar-refractivity contribution is -0.131. The fraction of sp³-hybridized carbons (Fsp3) is 0.500. The Morgan fingerprint density at radius 3 is 3.17 bits per heavy atom. The molecule has 7 nitrogen and oxygen atoms in total. The molecule has 2 atom stereocenters. The molecule has 8 heteroatoms. The van der Waals surface area contributed by atoms with Gasteiger partial charge in [0, 0.05) is 25.2 Å². The van der Waals surface area contributed by atoms with E-state index in [1.165, 1.54) is 0 Å². The Hall–Kier alpha value is -2.06. The number of aromatic nitrogens is 3. The van der Waals surface area contributed by atoms with E-state index in [0.717, 1.165) is 22.4 Å². The summed E-state index contributed by atoms with van der Waals surface area (Å²) < 4.78 is 5.64. The van der Waals surface area contributed by atoms with Crippen LogP contribution in [0.5, 0.6) is 0 Å². The fourth-order valence-electron chi connectivity index (χ4n) is 3.47. The van der Waals surface area contributed by atoms with Gasteiger partial charge in [-0.05, 0) is 19.1 Å². The Labute approximate surface area is 144 Å². The van der Waals surface area contributed by atoms with E-state index < -0.39 is 5.41 Å². The third kappa shape index (κ3) is 2.65. The first-order valence-corrected chi connectivity index (χ1v) is 8.80. The van der Waals surface area contributed by atoms with E-state index in [0.29, 0.717) is 26.3 Å². The monoisotopic (exact) mass is 345 g/mol. The summed E-state index contributed by atoms with van der Waals surface area (Å²) in [5.41, 5.74) is 0.348. The number of ether oxygens (including phenoxy) is 1. The highest BCUT2D eigenvalue weighted by molar-refractivity contribution is 7.15. The van der Waals surface area contributed by atoms with Crippen LogP contribution in [0.1, 0.15) is 10.7 Å². The number of pyridine rings is 1. The number of aryl methyl sites for hydroxylation is 1. The summed E-state index contributed by atoms with van der Waals surface area (Å²) in [4.78, 5) is 19.3. The highest BCUT2D eigenvalue weighted by atomic mass is 32.1. The first-order valence-electron chi connectivity index (χ1n) is 7.98. The average molecular weight is 345 g/mol. The maximum absolute atomic E-state index is 12.9. The van der Waals surface area contributed by atoms with Crippen molar-refractivity contribution < 1.29 is 9.53 Å². The molecule has 0 bridgehead atoms. The molecule has 0 aliphatic carbocycles. The number of rotatable bonds is 4. The van der Waals surface area contributed by atoms with Crippen molar-refractivity contribution in [2.75, 3.05) is 31.2 Å². The molecular formula is C16H19N5O2S. The molecule has 2 aliphatic rings. The summed E-state index contributed by atoms with van der Waals surface area (Å²) in [5.74, 6) is 0.227. The molecule has 2 aliphatic heterocycles. The van der Waals surface area contributed by atoms with Crippen LogP contribution < -0.4 is 10.2 Å². The van der Waals surface area contributed by atoms with Gasteiger partial charge in [-0.1, -0.05) is 17.4 Å². The third-order valence-corrected chi connectivity index (χ3v) is 5.67. The van der Waals surface area contributed by atoms with Crippen molar-refractivity contribution in [1.82, 2.24) is 20.5 Å². The Morgan fingerprint density at radius 1 is 1.50 bits per heavy atom. The molecule has 4 heterocycles. The number of amides is 1. The molecular weight excluding hydrogens is 326 g/mol. The van der Waals surface area contributed by atoms with Gasteiger partial charge in [0.15, 0.2) is 0 Å². The van der Waals surface area contributed by atoms with Gasteiger partial charge in [-0.3, -0.25) is 9.78 Å². The minimum absolute atomic E-state index is 0.0411. The lowest BCUT2D eigenvalue weighted by Crippen LogP contribution is -2.46. The Balaban J connectivity index is 1.48. The van der Waals surface area contributed by atoms with Gasteiger partial charge >= 0.3 is 0 Å². The number of anilines is 1. The smallest absolute Gasteiger partial charge is 0.231 e. The minimum Gasteiger partial charge on any atom is -0.380 e. The lowest BCUT2D eigenvalue weighted by Gasteiger charge is -2.25. The molecule has 0 unspecified atom stereocenters. The number of hydrogen-bond acceptors (Lipinski definition) is 7. The number of carbonyl (C=O) groups is 1. The van der Waals surface area contributed by atoms with Crippen LogP contribution in [0.3, 0.4) is 0 Å². The van der Waals surface area contributed by atoms with Gasteiger partial charge in [0.2, 0.25) is 11.0 Å². The molecule has 24 heavy (non-hydrogen) atoms. The Morgan fingerprint density at radius 2 is 2.42 bits per heavy atom. The van der Waals surface area contributed by atoms with Gasteiger partial charge in [-0.25, -0.2) is 0 Å². The molecule has 0 saturated carbocycles. The van der Waals surface area contributed by atoms with Crippen LogP contribution in [-0.4, -0.2) is 47.4 Å². The van der Waals surface area contributed by atoms with Crippen LogP contribution in [0.15, 0.2) is 24.4 Å². The molecule has 1 amide bonds. The number of carbonyl (C=O) groups excluding carboxylic acids is 1. The predicted octanol–water partition coefficient (Wildman–Crippen LogP) is 1.01. The van der Waals surface area contributed by atoms with Gasteiger partial charge in [0.05, 0.1) is 30.9 Å². The third-order valence-electron chi connectivity index (χ3n) is 4.77. The van der Waals surface area contributed by atoms with Crippen LogP contribution in [0.2, 0.25) is 0 Å². The zero-order valence-electron chi connectivity index (χ0n) is 13.4. The molecule has 1 N–H and O–H groups in total. The van der Waals surface area contributed by atoms with Gasteiger partial charge in [-0.15, -0.1) is 10.2 Å². The number of nitrogens with one attached hydrogen (secondary N) is 1. The van der Waals surface area contributed by atoms with Gasteiger partial charge in [0.25, 0.3) is 0 Å². The van der Waals surface area contributed by atoms with Crippen LogP contribution in [0.4, 0.5) is 5.13 Å². The van der Waals surface area contributed by atoms with Gasteiger partial charge < -0.3 is 15.0 Å². The van der Waals surface area contributed by atoms with Gasteiger partial charge in [0.1, 0.15) is 5.01 Å². The Bertz CT molecular complexity index is 737. The topological polar surface area (TPSA) is 80.2 Å². The van der Waals surface area contributed by atoms with E-state index in [2.05, 4.69) is 25.4 Å². The molecule has 2 saturated heterocycles. The second-order valence-corrected chi connectivity index (χ2v) is 7.52. The number of hydrogen-bond donors (Lipinski definition) is 1. The van der Waals surface area contributed by atoms with E-state index in [1.807, 2.05) is 25.1 Å². The maximum atomic E-state index is 12.9. The maximum Gasteiger partial charge on any atom is 0.231 e. The van der Waals surface area contributed by atoms with Crippen molar-refractivity contribution >= 4 is 22.4 Å². The van der Waals surface area contributed by atoms with Crippen molar-refractivity contribution in [3.05, 3.63) is 35.1 Å². The standard InChI is InChI=1S/C16H19N5O2S/c1-11-19-20-15(24-11)21-7-12-8-23-10-16(12,9-21)14(22)18-6-13-4-2-3-5-17-13/h2-5,12H,6-10H2,1H3,(H,18,22)/t12-,16-/m1/s1. The zero-order chi connectivity index (χ0) is 16.6. The average Bonchev–Trinajstić information content (AvgIpc) is 3.27. The molecule has 2 aromatic heterocycles. The molecule has 0 aromatic carbocycles. The predicted molar refractivity (Wildman–Crippen MR) is 89.7 cm³/mol. The van der Waals surface area contributed by atoms with Crippen molar-refractivity contribution in [3.63, 3.8) is 0 Å². The minimum atomic E-state index is -0.506. The summed E-state index contributed by atoms with van der Waals surface area (Å²) in [6, 6.07) is 5.69. The van der Waals surface area contributed by atoms with E-state index >= 15 is 0 Å². The molecule has 126 valence electrons. The van der Waals surface area contributed by atoms with E-state index in [9.17, 15) is 4.79 Å². The molecule has 0 radical (unpaired) electrons. The van der Waals surface area contributed by atoms with Crippen LogP contribution >= 0.6 is 11.3 Å². The Kier molecular flexibility index (Phi) is 3.93. The van der Waals surface area contributed by atoms with Crippen molar-refractivity contribution in [2.24, 2.45) is 11.3 Å². The first-order chi connectivity index (χ1) is 11.7. The molecule has 0 spiro atoms. The van der Waals surface area contributed by atoms with E-state index in [4.69, 9.17) is 4.74 Å². The number of nitrogens with zero attached hydrogens (tertiary/aromatic N) is 4. The van der Waals surface area contributed by atoms with Crippen molar-refractivity contribution in [2.45, 2.75) is 13.5 Å². The zero-order valence-corrected chi connectivity index (χ0v) is 14.3. The first kappa shape index (κ1) is 15.5. The summed E-state index contributed by atoms with van der Waals surface area (Å²) in [6.07, 6.45) is 1.73. The summed E-state index contributed by atoms with van der Waals surface area (Å²) >= 11 is 1.57. The summed E-state index contributed by atoms with van der Waals surface area (Å²) in [5, 5.41) is 13.2. The van der Waals surface area contributed by atoms with E-state index in [-0.39, 0.29) is 11.8 Å². The second kappa shape index (κ2) is 6.10. The largest absolute Gasteiger partial charge is 0.380 e. The summed E-state index contributed by atoms with van der Waals surface area (Å²) in [7, 11) is 0.